The molecule has 0 bridgehead atoms. The molecule has 0 aliphatic carbocycles. The number of ether oxygens (including phenoxy) is 2. The molecule has 7 nitrogen and oxygen atoms in total. The molecule has 0 N–H and O–H groups in total. The summed E-state index contributed by atoms with van der Waals surface area (Å²) in [5.41, 5.74) is 4.03. The molecule has 1 amide bonds. The summed E-state index contributed by atoms with van der Waals surface area (Å²) in [5.74, 6) is 1.10. The molecular formula is C27H24N2O5. The number of amides is 1. The topological polar surface area (TPSA) is 81.9 Å². The molecule has 0 saturated carbocycles. The van der Waals surface area contributed by atoms with Gasteiger partial charge in [-0.3, -0.25) is 14.5 Å². The molecule has 0 fully saturated rings. The van der Waals surface area contributed by atoms with Crippen LogP contribution in [0.3, 0.4) is 0 Å². The van der Waals surface area contributed by atoms with Crippen molar-refractivity contribution in [1.82, 2.24) is 4.98 Å². The van der Waals surface area contributed by atoms with Crippen LogP contribution in [0, 0.1) is 20.8 Å². The van der Waals surface area contributed by atoms with Crippen molar-refractivity contribution in [2.75, 3.05) is 19.1 Å². The second kappa shape index (κ2) is 8.02. The predicted octanol–water partition coefficient (Wildman–Crippen LogP) is 4.88. The van der Waals surface area contributed by atoms with E-state index in [0.29, 0.717) is 33.8 Å². The van der Waals surface area contributed by atoms with Gasteiger partial charge in [-0.05, 0) is 79.4 Å². The highest BCUT2D eigenvalue weighted by Crippen LogP contribution is 2.43. The van der Waals surface area contributed by atoms with Gasteiger partial charge < -0.3 is 13.9 Å². The number of anilines is 1. The number of aromatic nitrogens is 1. The number of rotatable bonds is 4. The van der Waals surface area contributed by atoms with Crippen LogP contribution in [0.5, 0.6) is 11.5 Å². The minimum absolute atomic E-state index is 0.0313. The number of hydrogen-bond donors (Lipinski definition) is 0. The molecular weight excluding hydrogens is 432 g/mol. The smallest absolute Gasteiger partial charge is 0.296 e. The first-order valence-corrected chi connectivity index (χ1v) is 10.9. The van der Waals surface area contributed by atoms with Crippen molar-refractivity contribution in [2.24, 2.45) is 0 Å². The normalized spacial score (nSPS) is 15.0. The summed E-state index contributed by atoms with van der Waals surface area (Å²) in [4.78, 5) is 33.5. The summed E-state index contributed by atoms with van der Waals surface area (Å²) in [6, 6.07) is 11.9. The zero-order valence-electron chi connectivity index (χ0n) is 19.6. The summed E-state index contributed by atoms with van der Waals surface area (Å²) >= 11 is 0. The van der Waals surface area contributed by atoms with Gasteiger partial charge in [0.25, 0.3) is 5.91 Å². The molecule has 34 heavy (non-hydrogen) atoms. The van der Waals surface area contributed by atoms with Crippen molar-refractivity contribution in [1.29, 1.82) is 0 Å². The Balaban J connectivity index is 1.83. The highest BCUT2D eigenvalue weighted by atomic mass is 16.5. The third-order valence-corrected chi connectivity index (χ3v) is 6.36. The number of carbonyl (C=O) groups excluding carboxylic acids is 1. The van der Waals surface area contributed by atoms with Gasteiger partial charge in [0, 0.05) is 6.20 Å². The number of fused-ring (bicyclic) bond motifs is 2. The lowest BCUT2D eigenvalue weighted by atomic mass is 9.97. The van der Waals surface area contributed by atoms with Crippen molar-refractivity contribution < 1.29 is 18.7 Å². The van der Waals surface area contributed by atoms with Crippen LogP contribution < -0.4 is 19.8 Å². The lowest BCUT2D eigenvalue weighted by molar-refractivity contribution is 0.0970. The fraction of sp³-hybridized carbons (Fsp3) is 0.222. The summed E-state index contributed by atoms with van der Waals surface area (Å²) in [5, 5.41) is 0.444. The van der Waals surface area contributed by atoms with Gasteiger partial charge >= 0.3 is 0 Å². The van der Waals surface area contributed by atoms with E-state index in [-0.39, 0.29) is 16.8 Å². The molecule has 172 valence electrons. The number of methoxy groups -OCH3 is 2. The number of hydrogen-bond acceptors (Lipinski definition) is 6. The van der Waals surface area contributed by atoms with Gasteiger partial charge in [-0.25, -0.2) is 4.98 Å². The SMILES string of the molecule is COc1ccc([C@H]2c3c(oc4cc(C)c(C)cc4c3=O)C(=O)N2c2cc(C)ccn2)cc1OC. The van der Waals surface area contributed by atoms with Crippen LogP contribution in [-0.4, -0.2) is 25.1 Å². The van der Waals surface area contributed by atoms with E-state index in [2.05, 4.69) is 4.98 Å². The molecule has 0 spiro atoms. The monoisotopic (exact) mass is 456 g/mol. The van der Waals surface area contributed by atoms with E-state index in [4.69, 9.17) is 13.9 Å². The van der Waals surface area contributed by atoms with E-state index in [0.717, 1.165) is 16.7 Å². The summed E-state index contributed by atoms with van der Waals surface area (Å²) in [6.45, 7) is 5.81. The first kappa shape index (κ1) is 21.7. The Morgan fingerprint density at radius 2 is 1.65 bits per heavy atom. The quantitative estimate of drug-likeness (QED) is 0.435. The molecule has 0 saturated heterocycles. The zero-order valence-corrected chi connectivity index (χ0v) is 19.6. The highest BCUT2D eigenvalue weighted by Gasteiger charge is 2.44. The number of benzene rings is 2. The van der Waals surface area contributed by atoms with E-state index < -0.39 is 11.9 Å². The van der Waals surface area contributed by atoms with Gasteiger partial charge in [0.05, 0.1) is 31.2 Å². The fourth-order valence-electron chi connectivity index (χ4n) is 4.45. The first-order chi connectivity index (χ1) is 16.3. The molecule has 5 rings (SSSR count). The van der Waals surface area contributed by atoms with Gasteiger partial charge in [0.15, 0.2) is 16.9 Å². The van der Waals surface area contributed by atoms with Crippen molar-refractivity contribution in [3.05, 3.63) is 92.5 Å². The number of nitrogens with zero attached hydrogens (tertiary/aromatic N) is 2. The standard InChI is InChI=1S/C27H24N2O5/c1-14-8-9-28-22(10-14)29-24(17-6-7-19(32-4)21(13-17)33-5)23-25(30)18-11-15(2)16(3)12-20(18)34-26(23)27(29)31/h6-13,24H,1-5H3/t24-/m0/s1. The summed E-state index contributed by atoms with van der Waals surface area (Å²) in [7, 11) is 3.10. The molecule has 0 unspecified atom stereocenters. The molecule has 2 aromatic heterocycles. The Bertz CT molecular complexity index is 1520. The van der Waals surface area contributed by atoms with Crippen molar-refractivity contribution in [3.8, 4) is 11.5 Å². The Labute approximate surface area is 196 Å². The predicted molar refractivity (Wildman–Crippen MR) is 129 cm³/mol. The minimum Gasteiger partial charge on any atom is -0.493 e. The maximum atomic E-state index is 13.8. The lowest BCUT2D eigenvalue weighted by Gasteiger charge is -2.25. The van der Waals surface area contributed by atoms with Gasteiger partial charge in [-0.1, -0.05) is 6.07 Å². The molecule has 1 aliphatic rings. The van der Waals surface area contributed by atoms with Crippen LogP contribution in [-0.2, 0) is 0 Å². The first-order valence-electron chi connectivity index (χ1n) is 10.9. The van der Waals surface area contributed by atoms with Crippen LogP contribution in [0.15, 0.2) is 57.9 Å². The van der Waals surface area contributed by atoms with E-state index in [1.54, 1.807) is 38.6 Å². The third-order valence-electron chi connectivity index (χ3n) is 6.36. The number of aryl methyl sites for hydroxylation is 3. The highest BCUT2D eigenvalue weighted by molar-refractivity contribution is 6.10. The Morgan fingerprint density at radius 1 is 0.912 bits per heavy atom. The average Bonchev–Trinajstić information content (AvgIpc) is 3.12. The van der Waals surface area contributed by atoms with Crippen LogP contribution in [0.25, 0.3) is 11.0 Å². The zero-order chi connectivity index (χ0) is 24.1. The van der Waals surface area contributed by atoms with Crippen molar-refractivity contribution >= 4 is 22.7 Å². The number of carbonyl (C=O) groups is 1. The largest absolute Gasteiger partial charge is 0.493 e. The Kier molecular flexibility index (Phi) is 5.12. The number of pyridine rings is 1. The van der Waals surface area contributed by atoms with Crippen LogP contribution in [0.1, 0.15) is 44.4 Å². The molecule has 7 heteroatoms. The maximum Gasteiger partial charge on any atom is 0.296 e. The van der Waals surface area contributed by atoms with E-state index in [1.807, 2.05) is 45.0 Å². The van der Waals surface area contributed by atoms with Crippen LogP contribution in [0.2, 0.25) is 0 Å². The molecule has 1 atom stereocenters. The van der Waals surface area contributed by atoms with Crippen molar-refractivity contribution in [3.63, 3.8) is 0 Å². The van der Waals surface area contributed by atoms with Gasteiger partial charge in [-0.2, -0.15) is 0 Å². The van der Waals surface area contributed by atoms with E-state index >= 15 is 0 Å². The molecule has 1 aliphatic heterocycles. The minimum atomic E-state index is -0.737. The van der Waals surface area contributed by atoms with Gasteiger partial charge in [-0.15, -0.1) is 0 Å². The summed E-state index contributed by atoms with van der Waals surface area (Å²) < 4.78 is 17.0. The van der Waals surface area contributed by atoms with Gasteiger partial charge in [0.1, 0.15) is 11.4 Å². The molecule has 2 aromatic carbocycles. The van der Waals surface area contributed by atoms with Crippen molar-refractivity contribution in [2.45, 2.75) is 26.8 Å². The fourth-order valence-corrected chi connectivity index (χ4v) is 4.45. The second-order valence-corrected chi connectivity index (χ2v) is 8.49. The van der Waals surface area contributed by atoms with E-state index in [9.17, 15) is 9.59 Å². The third kappa shape index (κ3) is 3.23. The Morgan fingerprint density at radius 3 is 2.35 bits per heavy atom. The summed E-state index contributed by atoms with van der Waals surface area (Å²) in [6.07, 6.45) is 1.64. The van der Waals surface area contributed by atoms with Gasteiger partial charge in [0.2, 0.25) is 5.76 Å². The second-order valence-electron chi connectivity index (χ2n) is 8.49. The molecule has 0 radical (unpaired) electrons. The van der Waals surface area contributed by atoms with E-state index in [1.165, 1.54) is 4.90 Å². The van der Waals surface area contributed by atoms with Crippen LogP contribution >= 0.6 is 0 Å². The molecule has 3 heterocycles. The molecule has 4 aromatic rings. The Hall–Kier alpha value is -4.13. The average molecular weight is 456 g/mol. The van der Waals surface area contributed by atoms with Crippen LogP contribution in [0.4, 0.5) is 5.82 Å². The lowest BCUT2D eigenvalue weighted by Crippen LogP contribution is -2.30. The maximum absolute atomic E-state index is 13.8.